The molecule has 5 aromatic carbocycles. The van der Waals surface area contributed by atoms with Crippen molar-refractivity contribution in [3.8, 4) is 0 Å². The molecule has 0 bridgehead atoms. The molecule has 260 valence electrons. The topological polar surface area (TPSA) is 55.4 Å². The van der Waals surface area contributed by atoms with Gasteiger partial charge in [0.2, 0.25) is 0 Å². The molecule has 1 heterocycles. The van der Waals surface area contributed by atoms with E-state index in [1.54, 1.807) is 7.11 Å². The number of aryl methyl sites for hydroxylation is 1. The van der Waals surface area contributed by atoms with Gasteiger partial charge in [0.15, 0.2) is 0 Å². The summed E-state index contributed by atoms with van der Waals surface area (Å²) in [6.45, 7) is 3.94. The van der Waals surface area contributed by atoms with Gasteiger partial charge in [0, 0.05) is 11.6 Å². The Bertz CT molecular complexity index is 1710. The van der Waals surface area contributed by atoms with Crippen molar-refractivity contribution in [2.75, 3.05) is 13.7 Å². The van der Waals surface area contributed by atoms with Gasteiger partial charge in [-0.25, -0.2) is 0 Å². The van der Waals surface area contributed by atoms with Crippen LogP contribution < -0.4 is 0 Å². The molecule has 5 aromatic rings. The summed E-state index contributed by atoms with van der Waals surface area (Å²) in [6, 6.07) is 46.9. The van der Waals surface area contributed by atoms with Crippen LogP contribution in [0.15, 0.2) is 144 Å². The van der Waals surface area contributed by atoms with E-state index in [-0.39, 0.29) is 6.61 Å². The van der Waals surface area contributed by atoms with E-state index in [1.807, 2.05) is 78.9 Å². The molecule has 1 saturated heterocycles. The molecule has 0 radical (unpaired) electrons. The molecule has 1 fully saturated rings. The molecule has 6 rings (SSSR count). The number of ether oxygens (including phenoxy) is 6. The van der Waals surface area contributed by atoms with Crippen LogP contribution in [0.3, 0.4) is 0 Å². The summed E-state index contributed by atoms with van der Waals surface area (Å²) >= 11 is 3.63. The third-order valence-corrected chi connectivity index (χ3v) is 9.50. The van der Waals surface area contributed by atoms with Crippen molar-refractivity contribution in [1.82, 2.24) is 0 Å². The minimum absolute atomic E-state index is 0.289. The van der Waals surface area contributed by atoms with E-state index in [9.17, 15) is 0 Å². The second-order valence-corrected chi connectivity index (χ2v) is 13.5. The molecule has 0 unspecified atom stereocenters. The number of methoxy groups -OCH3 is 1. The molecule has 1 aliphatic rings. The van der Waals surface area contributed by atoms with Gasteiger partial charge < -0.3 is 28.4 Å². The fraction of sp³-hybridized carbons (Fsp3) is 0.302. The summed E-state index contributed by atoms with van der Waals surface area (Å²) in [5, 5.41) is 0. The zero-order chi connectivity index (χ0) is 34.5. The van der Waals surface area contributed by atoms with Crippen molar-refractivity contribution in [3.63, 3.8) is 0 Å². The highest BCUT2D eigenvalue weighted by Crippen LogP contribution is 2.39. The minimum atomic E-state index is -0.557. The number of hydrogen-bond acceptors (Lipinski definition) is 6. The summed E-state index contributed by atoms with van der Waals surface area (Å²) in [5.74, 6) is 0. The molecule has 7 heteroatoms. The molecular weight excluding hydrogens is 692 g/mol. The van der Waals surface area contributed by atoms with Crippen molar-refractivity contribution in [1.29, 1.82) is 0 Å². The van der Waals surface area contributed by atoms with Crippen LogP contribution in [0, 0.1) is 6.92 Å². The van der Waals surface area contributed by atoms with E-state index in [0.717, 1.165) is 37.9 Å². The van der Waals surface area contributed by atoms with E-state index in [1.165, 1.54) is 0 Å². The summed E-state index contributed by atoms with van der Waals surface area (Å²) < 4.78 is 41.4. The lowest BCUT2D eigenvalue weighted by Gasteiger charge is -2.48. The van der Waals surface area contributed by atoms with Crippen LogP contribution in [0.2, 0.25) is 0 Å². The van der Waals surface area contributed by atoms with E-state index in [0.29, 0.717) is 26.4 Å². The third-order valence-electron chi connectivity index (χ3n) is 9.01. The highest BCUT2D eigenvalue weighted by molar-refractivity contribution is 9.10. The van der Waals surface area contributed by atoms with Gasteiger partial charge >= 0.3 is 0 Å². The van der Waals surface area contributed by atoms with Gasteiger partial charge in [0.05, 0.1) is 33.0 Å². The van der Waals surface area contributed by atoms with E-state index in [4.69, 9.17) is 28.4 Å². The molecule has 0 aliphatic carbocycles. The van der Waals surface area contributed by atoms with Crippen LogP contribution in [0.4, 0.5) is 0 Å². The Hall–Kier alpha value is -3.66. The summed E-state index contributed by atoms with van der Waals surface area (Å²) in [7, 11) is 1.72. The average Bonchev–Trinajstić information content (AvgIpc) is 3.15. The molecule has 0 amide bonds. The number of rotatable bonds is 16. The SMILES string of the molecule is CO[C@H](c1ccc(Br)cc1C)[C@H]1O[C@H](COCc2ccccc2)[C@@H](OCc2ccccc2)[C@H](OCc2ccccc2)[C@@H]1OCc1ccccc1. The molecular formula is C43H45BrO6. The highest BCUT2D eigenvalue weighted by atomic mass is 79.9. The van der Waals surface area contributed by atoms with Crippen LogP contribution in [0.1, 0.15) is 39.5 Å². The standard InChI is InChI=1S/C43H45BrO6/c1-31-25-36(44)23-24-37(31)39(45-2)43-42(49-29-35-21-13-6-14-22-35)41(48-28-34-19-11-5-12-20-34)40(47-27-33-17-9-4-10-18-33)38(50-43)30-46-26-32-15-7-3-8-16-32/h3-25,38-43H,26-30H2,1-2H3/t38-,39-,40-,41+,42+,43-/m1/s1. The van der Waals surface area contributed by atoms with Crippen molar-refractivity contribution in [2.45, 2.75) is 70.0 Å². The van der Waals surface area contributed by atoms with Crippen LogP contribution in [-0.2, 0) is 54.8 Å². The molecule has 1 aliphatic heterocycles. The maximum absolute atomic E-state index is 7.11. The van der Waals surface area contributed by atoms with Crippen LogP contribution in [0.25, 0.3) is 0 Å². The molecule has 0 aromatic heterocycles. The van der Waals surface area contributed by atoms with Gasteiger partial charge in [-0.15, -0.1) is 0 Å². The number of halogens is 1. The van der Waals surface area contributed by atoms with Gasteiger partial charge in [-0.1, -0.05) is 143 Å². The Morgan fingerprint density at radius 2 is 1.04 bits per heavy atom. The zero-order valence-electron chi connectivity index (χ0n) is 28.6. The Morgan fingerprint density at radius 3 is 1.52 bits per heavy atom. The zero-order valence-corrected chi connectivity index (χ0v) is 30.2. The van der Waals surface area contributed by atoms with Crippen molar-refractivity contribution in [2.24, 2.45) is 0 Å². The quantitative estimate of drug-likeness (QED) is 0.101. The highest BCUT2D eigenvalue weighted by Gasteiger charge is 2.51. The third kappa shape index (κ3) is 9.77. The summed E-state index contributed by atoms with van der Waals surface area (Å²) in [4.78, 5) is 0. The van der Waals surface area contributed by atoms with Crippen molar-refractivity contribution in [3.05, 3.63) is 177 Å². The Labute approximate surface area is 304 Å². The second-order valence-electron chi connectivity index (χ2n) is 12.6. The molecule has 0 saturated carbocycles. The molecule has 0 spiro atoms. The van der Waals surface area contributed by atoms with Gasteiger partial charge in [-0.05, 0) is 52.4 Å². The normalized spacial score (nSPS) is 21.1. The largest absolute Gasteiger partial charge is 0.374 e. The first-order chi connectivity index (χ1) is 24.6. The lowest BCUT2D eigenvalue weighted by molar-refractivity contribution is -0.289. The molecule has 6 atom stereocenters. The first-order valence-corrected chi connectivity index (χ1v) is 17.9. The number of benzene rings is 5. The van der Waals surface area contributed by atoms with Gasteiger partial charge in [-0.2, -0.15) is 0 Å². The first-order valence-electron chi connectivity index (χ1n) is 17.1. The van der Waals surface area contributed by atoms with E-state index in [2.05, 4.69) is 83.5 Å². The molecule has 6 nitrogen and oxygen atoms in total. The summed E-state index contributed by atoms with van der Waals surface area (Å²) in [6.07, 6.45) is -3.10. The minimum Gasteiger partial charge on any atom is -0.374 e. The van der Waals surface area contributed by atoms with Crippen LogP contribution in [0.5, 0.6) is 0 Å². The Kier molecular flexibility index (Phi) is 13.4. The van der Waals surface area contributed by atoms with Crippen molar-refractivity contribution >= 4 is 15.9 Å². The monoisotopic (exact) mass is 736 g/mol. The maximum Gasteiger partial charge on any atom is 0.117 e. The smallest absolute Gasteiger partial charge is 0.117 e. The average molecular weight is 738 g/mol. The summed E-state index contributed by atoms with van der Waals surface area (Å²) in [5.41, 5.74) is 6.35. The Morgan fingerprint density at radius 1 is 0.580 bits per heavy atom. The van der Waals surface area contributed by atoms with Crippen molar-refractivity contribution < 1.29 is 28.4 Å². The Balaban J connectivity index is 1.38. The first kappa shape index (κ1) is 36.1. The molecule has 0 N–H and O–H groups in total. The predicted octanol–water partition coefficient (Wildman–Crippen LogP) is 9.19. The van der Waals surface area contributed by atoms with Crippen LogP contribution in [-0.4, -0.2) is 44.2 Å². The second kappa shape index (κ2) is 18.5. The van der Waals surface area contributed by atoms with Gasteiger partial charge in [0.1, 0.15) is 36.6 Å². The van der Waals surface area contributed by atoms with Gasteiger partial charge in [0.25, 0.3) is 0 Å². The predicted molar refractivity (Wildman–Crippen MR) is 198 cm³/mol. The van der Waals surface area contributed by atoms with E-state index >= 15 is 0 Å². The van der Waals surface area contributed by atoms with Crippen LogP contribution >= 0.6 is 15.9 Å². The lowest BCUT2D eigenvalue weighted by atomic mass is 9.87. The maximum atomic E-state index is 7.11. The fourth-order valence-corrected chi connectivity index (χ4v) is 6.94. The lowest BCUT2D eigenvalue weighted by Crippen LogP contribution is -2.62. The molecule has 50 heavy (non-hydrogen) atoms. The van der Waals surface area contributed by atoms with Gasteiger partial charge in [-0.3, -0.25) is 0 Å². The fourth-order valence-electron chi connectivity index (χ4n) is 6.47. The number of hydrogen-bond donors (Lipinski definition) is 0. The van der Waals surface area contributed by atoms with E-state index < -0.39 is 36.6 Å².